The molecule has 0 saturated carbocycles. The van der Waals surface area contributed by atoms with Gasteiger partial charge in [0.25, 0.3) is 0 Å². The van der Waals surface area contributed by atoms with Gasteiger partial charge in [0, 0.05) is 45.8 Å². The highest BCUT2D eigenvalue weighted by atomic mass is 16.2. The highest BCUT2D eigenvalue weighted by molar-refractivity contribution is 5.81. The van der Waals surface area contributed by atoms with Crippen LogP contribution in [-0.2, 0) is 11.3 Å². The second kappa shape index (κ2) is 8.88. The summed E-state index contributed by atoms with van der Waals surface area (Å²) in [5, 5.41) is 2.91. The molecule has 5 nitrogen and oxygen atoms in total. The van der Waals surface area contributed by atoms with Crippen LogP contribution in [0.5, 0.6) is 0 Å². The summed E-state index contributed by atoms with van der Waals surface area (Å²) in [6.45, 7) is 8.82. The minimum Gasteiger partial charge on any atom is -0.353 e. The maximum absolute atomic E-state index is 11.6. The van der Waals surface area contributed by atoms with Crippen molar-refractivity contribution < 1.29 is 4.79 Å². The average Bonchev–Trinajstić information content (AvgIpc) is 2.56. The lowest BCUT2D eigenvalue weighted by Gasteiger charge is -2.34. The first kappa shape index (κ1) is 16.9. The zero-order valence-electron chi connectivity index (χ0n) is 13.5. The van der Waals surface area contributed by atoms with E-state index in [2.05, 4.69) is 45.4 Å². The Morgan fingerprint density at radius 3 is 2.45 bits per heavy atom. The molecule has 1 saturated heterocycles. The maximum atomic E-state index is 11.6. The molecule has 1 amide bonds. The quantitative estimate of drug-likeness (QED) is 0.777. The molecule has 0 spiro atoms. The topological polar surface area (TPSA) is 61.6 Å². The summed E-state index contributed by atoms with van der Waals surface area (Å²) in [6.07, 6.45) is 0.685. The van der Waals surface area contributed by atoms with Crippen LogP contribution in [0.3, 0.4) is 0 Å². The fourth-order valence-electron chi connectivity index (χ4n) is 2.67. The van der Waals surface area contributed by atoms with Gasteiger partial charge < -0.3 is 11.1 Å². The fourth-order valence-corrected chi connectivity index (χ4v) is 2.67. The third kappa shape index (κ3) is 5.40. The van der Waals surface area contributed by atoms with E-state index in [-0.39, 0.29) is 11.9 Å². The molecule has 2 rings (SSSR count). The molecular weight excluding hydrogens is 276 g/mol. The van der Waals surface area contributed by atoms with Gasteiger partial charge in [-0.1, -0.05) is 37.3 Å². The predicted octanol–water partition coefficient (Wildman–Crippen LogP) is 0.658. The molecule has 0 unspecified atom stereocenters. The molecule has 0 radical (unpaired) electrons. The molecule has 1 fully saturated rings. The van der Waals surface area contributed by atoms with Crippen LogP contribution >= 0.6 is 0 Å². The summed E-state index contributed by atoms with van der Waals surface area (Å²) in [5.74, 6) is -0.0368. The van der Waals surface area contributed by atoms with Crippen molar-refractivity contribution in [1.29, 1.82) is 0 Å². The van der Waals surface area contributed by atoms with E-state index in [1.54, 1.807) is 0 Å². The van der Waals surface area contributed by atoms with Gasteiger partial charge in [-0.15, -0.1) is 0 Å². The number of benzene rings is 1. The van der Waals surface area contributed by atoms with Crippen molar-refractivity contribution in [3.05, 3.63) is 35.9 Å². The van der Waals surface area contributed by atoms with Gasteiger partial charge in [-0.2, -0.15) is 0 Å². The molecule has 1 aliphatic heterocycles. The third-order valence-corrected chi connectivity index (χ3v) is 4.22. The number of nitrogens with two attached hydrogens (primary N) is 1. The van der Waals surface area contributed by atoms with E-state index in [9.17, 15) is 4.79 Å². The van der Waals surface area contributed by atoms with E-state index < -0.39 is 0 Å². The molecule has 0 bridgehead atoms. The lowest BCUT2D eigenvalue weighted by Crippen LogP contribution is -2.49. The van der Waals surface area contributed by atoms with Gasteiger partial charge in [0.05, 0.1) is 6.04 Å². The van der Waals surface area contributed by atoms with Crippen LogP contribution in [0.25, 0.3) is 0 Å². The number of piperazine rings is 1. The molecule has 1 heterocycles. The van der Waals surface area contributed by atoms with Crippen LogP contribution in [0.15, 0.2) is 30.3 Å². The third-order valence-electron chi connectivity index (χ3n) is 4.22. The molecule has 1 atom stereocenters. The molecule has 1 aromatic carbocycles. The molecule has 5 heteroatoms. The van der Waals surface area contributed by atoms with Gasteiger partial charge in [0.1, 0.15) is 0 Å². The van der Waals surface area contributed by atoms with Crippen molar-refractivity contribution in [2.45, 2.75) is 25.9 Å². The molecule has 0 aromatic heterocycles. The Morgan fingerprint density at radius 2 is 1.82 bits per heavy atom. The average molecular weight is 304 g/mol. The Hall–Kier alpha value is -1.43. The monoisotopic (exact) mass is 304 g/mol. The molecule has 122 valence electrons. The van der Waals surface area contributed by atoms with Crippen molar-refractivity contribution in [1.82, 2.24) is 15.1 Å². The largest absolute Gasteiger partial charge is 0.353 e. The second-order valence-corrected chi connectivity index (χ2v) is 5.91. The highest BCUT2D eigenvalue weighted by Gasteiger charge is 2.17. The van der Waals surface area contributed by atoms with E-state index in [0.29, 0.717) is 13.0 Å². The smallest absolute Gasteiger partial charge is 0.236 e. The Morgan fingerprint density at radius 1 is 1.18 bits per heavy atom. The molecule has 1 aliphatic rings. The van der Waals surface area contributed by atoms with Gasteiger partial charge in [0.15, 0.2) is 0 Å². The maximum Gasteiger partial charge on any atom is 0.236 e. The van der Waals surface area contributed by atoms with Gasteiger partial charge in [-0.05, 0) is 12.0 Å². The first-order valence-electron chi connectivity index (χ1n) is 8.21. The summed E-state index contributed by atoms with van der Waals surface area (Å²) in [7, 11) is 0. The molecule has 1 aromatic rings. The van der Waals surface area contributed by atoms with Crippen LogP contribution in [0.4, 0.5) is 0 Å². The lowest BCUT2D eigenvalue weighted by atomic mass is 10.2. The van der Waals surface area contributed by atoms with Gasteiger partial charge in [-0.3, -0.25) is 14.6 Å². The summed E-state index contributed by atoms with van der Waals surface area (Å²) >= 11 is 0. The normalized spacial score (nSPS) is 18.1. The van der Waals surface area contributed by atoms with Crippen molar-refractivity contribution in [2.24, 2.45) is 5.73 Å². The zero-order valence-corrected chi connectivity index (χ0v) is 13.5. The summed E-state index contributed by atoms with van der Waals surface area (Å²) < 4.78 is 0. The van der Waals surface area contributed by atoms with Crippen molar-refractivity contribution in [3.63, 3.8) is 0 Å². The van der Waals surface area contributed by atoms with Gasteiger partial charge in [0.2, 0.25) is 5.91 Å². The van der Waals surface area contributed by atoms with Crippen LogP contribution in [0.2, 0.25) is 0 Å². The summed E-state index contributed by atoms with van der Waals surface area (Å²) in [5.41, 5.74) is 7.07. The Bertz CT molecular complexity index is 443. The number of nitrogens with one attached hydrogen (secondary N) is 1. The first-order valence-corrected chi connectivity index (χ1v) is 8.21. The van der Waals surface area contributed by atoms with Crippen molar-refractivity contribution in [2.75, 3.05) is 39.3 Å². The van der Waals surface area contributed by atoms with E-state index in [1.165, 1.54) is 5.56 Å². The van der Waals surface area contributed by atoms with Gasteiger partial charge >= 0.3 is 0 Å². The van der Waals surface area contributed by atoms with E-state index >= 15 is 0 Å². The minimum atomic E-state index is -0.372. The highest BCUT2D eigenvalue weighted by Crippen LogP contribution is 2.07. The summed E-state index contributed by atoms with van der Waals surface area (Å²) in [6, 6.07) is 10.2. The number of nitrogens with zero attached hydrogens (tertiary/aromatic N) is 2. The van der Waals surface area contributed by atoms with Crippen LogP contribution < -0.4 is 11.1 Å². The second-order valence-electron chi connectivity index (χ2n) is 5.91. The number of hydrogen-bond donors (Lipinski definition) is 2. The number of carbonyl (C=O) groups is 1. The molecule has 3 N–H and O–H groups in total. The van der Waals surface area contributed by atoms with E-state index in [0.717, 1.165) is 39.3 Å². The number of hydrogen-bond acceptors (Lipinski definition) is 4. The van der Waals surface area contributed by atoms with E-state index in [4.69, 9.17) is 5.73 Å². The minimum absolute atomic E-state index is 0.0368. The number of carbonyl (C=O) groups excluding carboxylic acids is 1. The Labute approximate surface area is 133 Å². The van der Waals surface area contributed by atoms with Crippen LogP contribution in [-0.4, -0.2) is 61.0 Å². The predicted molar refractivity (Wildman–Crippen MR) is 89.4 cm³/mol. The number of amides is 1. The zero-order chi connectivity index (χ0) is 15.8. The van der Waals surface area contributed by atoms with Crippen LogP contribution in [0, 0.1) is 0 Å². The standard InChI is InChI=1S/C17H28N4O/c1-2-16(18)17(22)19-8-9-20-10-12-21(13-11-20)14-15-6-4-3-5-7-15/h3-7,16H,2,8-14,18H2,1H3,(H,19,22)/t16-/m0/s1. The van der Waals surface area contributed by atoms with E-state index in [1.807, 2.05) is 6.92 Å². The number of rotatable bonds is 7. The fraction of sp³-hybridized carbons (Fsp3) is 0.588. The Balaban J connectivity index is 1.62. The van der Waals surface area contributed by atoms with Crippen LogP contribution in [0.1, 0.15) is 18.9 Å². The van der Waals surface area contributed by atoms with Crippen molar-refractivity contribution >= 4 is 5.91 Å². The summed E-state index contributed by atoms with van der Waals surface area (Å²) in [4.78, 5) is 16.5. The molecular formula is C17H28N4O. The van der Waals surface area contributed by atoms with Gasteiger partial charge in [-0.25, -0.2) is 0 Å². The SMILES string of the molecule is CC[C@H](N)C(=O)NCCN1CCN(Cc2ccccc2)CC1. The lowest BCUT2D eigenvalue weighted by molar-refractivity contribution is -0.122. The molecule has 0 aliphatic carbocycles. The molecule has 22 heavy (non-hydrogen) atoms. The van der Waals surface area contributed by atoms with Crippen molar-refractivity contribution in [3.8, 4) is 0 Å². The Kier molecular flexibility index (Phi) is 6.83. The first-order chi connectivity index (χ1) is 10.7.